The van der Waals surface area contributed by atoms with Crippen LogP contribution >= 0.6 is 0 Å². The molecule has 2 aromatic rings. The Hall–Kier alpha value is -2.93. The SMILES string of the molecule is COc1ccc(CN(C)CC(=O)Nc2ccccc2C(=O)NC2CCCC2)cc1F. The Kier molecular flexibility index (Phi) is 7.41. The van der Waals surface area contributed by atoms with Crippen LogP contribution in [-0.2, 0) is 11.3 Å². The number of ether oxygens (including phenoxy) is 1. The van der Waals surface area contributed by atoms with Crippen molar-refractivity contribution in [1.82, 2.24) is 10.2 Å². The van der Waals surface area contributed by atoms with Crippen molar-refractivity contribution >= 4 is 17.5 Å². The van der Waals surface area contributed by atoms with Gasteiger partial charge in [0.25, 0.3) is 5.91 Å². The predicted molar refractivity (Wildman–Crippen MR) is 114 cm³/mol. The molecule has 2 amide bonds. The number of halogens is 1. The molecule has 0 bridgehead atoms. The molecule has 1 saturated carbocycles. The number of hydrogen-bond acceptors (Lipinski definition) is 4. The van der Waals surface area contributed by atoms with Crippen LogP contribution in [0.2, 0.25) is 0 Å². The van der Waals surface area contributed by atoms with Crippen LogP contribution in [0.5, 0.6) is 5.75 Å². The second-order valence-corrected chi connectivity index (χ2v) is 7.69. The standard InChI is InChI=1S/C23H28FN3O3/c1-27(14-16-11-12-21(30-2)19(24)13-16)15-22(28)26-20-10-6-5-9-18(20)23(29)25-17-7-3-4-8-17/h5-6,9-13,17H,3-4,7-8,14-15H2,1-2H3,(H,25,29)(H,26,28). The summed E-state index contributed by atoms with van der Waals surface area (Å²) >= 11 is 0. The zero-order valence-electron chi connectivity index (χ0n) is 17.4. The maximum Gasteiger partial charge on any atom is 0.253 e. The van der Waals surface area contributed by atoms with Crippen LogP contribution in [0, 0.1) is 5.82 Å². The van der Waals surface area contributed by atoms with E-state index >= 15 is 0 Å². The number of amides is 2. The lowest BCUT2D eigenvalue weighted by atomic mass is 10.1. The number of nitrogens with zero attached hydrogens (tertiary/aromatic N) is 1. The van der Waals surface area contributed by atoms with E-state index in [0.29, 0.717) is 17.8 Å². The van der Waals surface area contributed by atoms with Crippen molar-refractivity contribution in [2.75, 3.05) is 26.0 Å². The van der Waals surface area contributed by atoms with Crippen molar-refractivity contribution in [3.63, 3.8) is 0 Å². The van der Waals surface area contributed by atoms with Crippen LogP contribution in [0.15, 0.2) is 42.5 Å². The van der Waals surface area contributed by atoms with Crippen LogP contribution < -0.4 is 15.4 Å². The Balaban J connectivity index is 1.57. The number of rotatable bonds is 8. The first kappa shape index (κ1) is 21.8. The van der Waals surface area contributed by atoms with Gasteiger partial charge < -0.3 is 15.4 Å². The minimum Gasteiger partial charge on any atom is -0.494 e. The van der Waals surface area contributed by atoms with Gasteiger partial charge in [0.1, 0.15) is 0 Å². The molecule has 0 aliphatic heterocycles. The summed E-state index contributed by atoms with van der Waals surface area (Å²) in [6.45, 7) is 0.504. The lowest BCUT2D eigenvalue weighted by Crippen LogP contribution is -2.34. The van der Waals surface area contributed by atoms with Gasteiger partial charge in [0.2, 0.25) is 5.91 Å². The second kappa shape index (κ2) is 10.2. The molecule has 1 aliphatic carbocycles. The lowest BCUT2D eigenvalue weighted by Gasteiger charge is -2.18. The molecule has 1 aliphatic rings. The van der Waals surface area contributed by atoms with E-state index in [1.165, 1.54) is 13.2 Å². The fraction of sp³-hybridized carbons (Fsp3) is 0.391. The third-order valence-corrected chi connectivity index (χ3v) is 5.22. The molecular weight excluding hydrogens is 385 g/mol. The number of methoxy groups -OCH3 is 1. The molecular formula is C23H28FN3O3. The van der Waals surface area contributed by atoms with Gasteiger partial charge >= 0.3 is 0 Å². The summed E-state index contributed by atoms with van der Waals surface area (Å²) in [6, 6.07) is 11.9. The third kappa shape index (κ3) is 5.79. The minimum atomic E-state index is -0.435. The first-order valence-corrected chi connectivity index (χ1v) is 10.2. The van der Waals surface area contributed by atoms with E-state index in [4.69, 9.17) is 4.74 Å². The van der Waals surface area contributed by atoms with E-state index in [1.54, 1.807) is 48.3 Å². The van der Waals surface area contributed by atoms with Crippen molar-refractivity contribution in [3.8, 4) is 5.75 Å². The van der Waals surface area contributed by atoms with Gasteiger partial charge in [-0.1, -0.05) is 31.0 Å². The number of nitrogens with one attached hydrogen (secondary N) is 2. The quantitative estimate of drug-likeness (QED) is 0.694. The molecule has 7 heteroatoms. The summed E-state index contributed by atoms with van der Waals surface area (Å²) in [6.07, 6.45) is 4.26. The van der Waals surface area contributed by atoms with E-state index in [9.17, 15) is 14.0 Å². The molecule has 2 N–H and O–H groups in total. The van der Waals surface area contributed by atoms with Gasteiger partial charge in [0.05, 0.1) is 24.9 Å². The van der Waals surface area contributed by atoms with Gasteiger partial charge in [-0.15, -0.1) is 0 Å². The molecule has 0 saturated heterocycles. The number of hydrogen-bond donors (Lipinski definition) is 2. The highest BCUT2D eigenvalue weighted by Crippen LogP contribution is 2.21. The lowest BCUT2D eigenvalue weighted by molar-refractivity contribution is -0.117. The zero-order valence-corrected chi connectivity index (χ0v) is 17.4. The number of anilines is 1. The van der Waals surface area contributed by atoms with Crippen molar-refractivity contribution < 1.29 is 18.7 Å². The van der Waals surface area contributed by atoms with Crippen molar-refractivity contribution in [2.45, 2.75) is 38.3 Å². The monoisotopic (exact) mass is 413 g/mol. The first-order chi connectivity index (χ1) is 14.5. The molecule has 160 valence electrons. The third-order valence-electron chi connectivity index (χ3n) is 5.22. The second-order valence-electron chi connectivity index (χ2n) is 7.69. The van der Waals surface area contributed by atoms with Gasteiger partial charge in [0, 0.05) is 12.6 Å². The largest absolute Gasteiger partial charge is 0.494 e. The summed E-state index contributed by atoms with van der Waals surface area (Å²) in [4.78, 5) is 26.9. The molecule has 6 nitrogen and oxygen atoms in total. The smallest absolute Gasteiger partial charge is 0.253 e. The van der Waals surface area contributed by atoms with Crippen molar-refractivity contribution in [3.05, 3.63) is 59.4 Å². The summed E-state index contributed by atoms with van der Waals surface area (Å²) in [5.74, 6) is -0.658. The van der Waals surface area contributed by atoms with E-state index < -0.39 is 5.82 Å². The molecule has 0 heterocycles. The van der Waals surface area contributed by atoms with Crippen LogP contribution in [0.3, 0.4) is 0 Å². The van der Waals surface area contributed by atoms with E-state index in [-0.39, 0.29) is 30.2 Å². The van der Waals surface area contributed by atoms with Gasteiger partial charge in [-0.25, -0.2) is 4.39 Å². The topological polar surface area (TPSA) is 70.7 Å². The average Bonchev–Trinajstić information content (AvgIpc) is 3.21. The minimum absolute atomic E-state index is 0.103. The summed E-state index contributed by atoms with van der Waals surface area (Å²) < 4.78 is 18.8. The normalized spacial score (nSPS) is 14.0. The molecule has 0 unspecified atom stereocenters. The molecule has 1 fully saturated rings. The highest BCUT2D eigenvalue weighted by molar-refractivity contribution is 6.04. The number of likely N-dealkylation sites (N-methyl/N-ethyl adjacent to an activating group) is 1. The predicted octanol–water partition coefficient (Wildman–Crippen LogP) is 3.58. The van der Waals surface area contributed by atoms with Gasteiger partial charge in [-0.3, -0.25) is 14.5 Å². The number of para-hydroxylation sites is 1. The molecule has 2 aromatic carbocycles. The Labute approximate surface area is 176 Å². The van der Waals surface area contributed by atoms with E-state index in [2.05, 4.69) is 10.6 Å². The summed E-state index contributed by atoms with van der Waals surface area (Å²) in [5, 5.41) is 5.88. The molecule has 0 spiro atoms. The Morgan fingerprint density at radius 3 is 2.60 bits per heavy atom. The van der Waals surface area contributed by atoms with Crippen LogP contribution in [0.25, 0.3) is 0 Å². The van der Waals surface area contributed by atoms with Crippen LogP contribution in [0.4, 0.5) is 10.1 Å². The highest BCUT2D eigenvalue weighted by atomic mass is 19.1. The Morgan fingerprint density at radius 2 is 1.90 bits per heavy atom. The maximum absolute atomic E-state index is 13.9. The molecule has 0 radical (unpaired) electrons. The van der Waals surface area contributed by atoms with Crippen LogP contribution in [-0.4, -0.2) is 43.5 Å². The number of benzene rings is 2. The van der Waals surface area contributed by atoms with E-state index in [1.807, 2.05) is 0 Å². The number of carbonyl (C=O) groups excluding carboxylic acids is 2. The highest BCUT2D eigenvalue weighted by Gasteiger charge is 2.20. The first-order valence-electron chi connectivity index (χ1n) is 10.2. The molecule has 0 atom stereocenters. The average molecular weight is 413 g/mol. The zero-order chi connectivity index (χ0) is 21.5. The van der Waals surface area contributed by atoms with E-state index in [0.717, 1.165) is 31.2 Å². The summed E-state index contributed by atoms with van der Waals surface area (Å²) in [7, 11) is 3.20. The van der Waals surface area contributed by atoms with Gasteiger partial charge in [-0.05, 0) is 49.7 Å². The van der Waals surface area contributed by atoms with Crippen molar-refractivity contribution in [2.24, 2.45) is 0 Å². The van der Waals surface area contributed by atoms with Crippen LogP contribution in [0.1, 0.15) is 41.6 Å². The molecule has 3 rings (SSSR count). The van der Waals surface area contributed by atoms with Gasteiger partial charge in [0.15, 0.2) is 11.6 Å². The Morgan fingerprint density at radius 1 is 1.17 bits per heavy atom. The van der Waals surface area contributed by atoms with Gasteiger partial charge in [-0.2, -0.15) is 0 Å². The number of carbonyl (C=O) groups is 2. The maximum atomic E-state index is 13.9. The summed E-state index contributed by atoms with van der Waals surface area (Å²) in [5.41, 5.74) is 1.68. The molecule has 0 aromatic heterocycles. The fourth-order valence-corrected chi connectivity index (χ4v) is 3.73. The van der Waals surface area contributed by atoms with Crippen molar-refractivity contribution in [1.29, 1.82) is 0 Å². The Bertz CT molecular complexity index is 897. The fourth-order valence-electron chi connectivity index (χ4n) is 3.73. The molecule has 30 heavy (non-hydrogen) atoms.